The van der Waals surface area contributed by atoms with Gasteiger partial charge in [0.1, 0.15) is 17.3 Å². The molecule has 0 unspecified atom stereocenters. The van der Waals surface area contributed by atoms with E-state index in [2.05, 4.69) is 39.7 Å². The molecule has 0 aliphatic rings. The van der Waals surface area contributed by atoms with Crippen molar-refractivity contribution in [3.8, 4) is 11.5 Å². The van der Waals surface area contributed by atoms with Gasteiger partial charge >= 0.3 is 0 Å². The Balaban J connectivity index is 0.000000469. The monoisotopic (exact) mass is 553 g/mol. The quantitative estimate of drug-likeness (QED) is 0.175. The van der Waals surface area contributed by atoms with Gasteiger partial charge in [-0.2, -0.15) is 4.98 Å². The molecule has 0 radical (unpaired) electrons. The fourth-order valence-electron chi connectivity index (χ4n) is 3.90. The lowest BCUT2D eigenvalue weighted by atomic mass is 10.0. The van der Waals surface area contributed by atoms with Gasteiger partial charge in [-0.1, -0.05) is 49.7 Å². The van der Waals surface area contributed by atoms with E-state index in [1.807, 2.05) is 50.2 Å². The third kappa shape index (κ3) is 12.2. The molecule has 0 saturated carbocycles. The first kappa shape index (κ1) is 32.8. The maximum Gasteiger partial charge on any atom is 0.222 e. The number of aryl methyl sites for hydroxylation is 1. The Kier molecular flexibility index (Phi) is 16.1. The van der Waals surface area contributed by atoms with Gasteiger partial charge in [0.05, 0.1) is 26.9 Å². The molecule has 2 aromatic carbocycles. The van der Waals surface area contributed by atoms with E-state index >= 15 is 0 Å². The van der Waals surface area contributed by atoms with E-state index in [9.17, 15) is 0 Å². The molecule has 9 nitrogen and oxygen atoms in total. The SMILES string of the molecule is CCCCNc1nc(N)nc(C)c1Cc1ccc(OCCCNCCO)cc1OC.CCOCc1ccccc1. The van der Waals surface area contributed by atoms with Gasteiger partial charge in [0.15, 0.2) is 0 Å². The van der Waals surface area contributed by atoms with E-state index in [1.54, 1.807) is 7.11 Å². The van der Waals surface area contributed by atoms with Gasteiger partial charge in [0, 0.05) is 43.4 Å². The van der Waals surface area contributed by atoms with E-state index in [0.29, 0.717) is 19.6 Å². The van der Waals surface area contributed by atoms with Gasteiger partial charge in [-0.3, -0.25) is 0 Å². The number of hydrogen-bond donors (Lipinski definition) is 4. The Morgan fingerprint density at radius 3 is 2.48 bits per heavy atom. The maximum atomic E-state index is 8.77. The Morgan fingerprint density at radius 2 is 1.77 bits per heavy atom. The first-order chi connectivity index (χ1) is 19.5. The fourth-order valence-corrected chi connectivity index (χ4v) is 3.90. The number of ether oxygens (including phenoxy) is 3. The van der Waals surface area contributed by atoms with E-state index in [4.69, 9.17) is 25.1 Å². The van der Waals surface area contributed by atoms with Gasteiger partial charge in [0.2, 0.25) is 5.95 Å². The molecule has 3 aromatic rings. The van der Waals surface area contributed by atoms with Gasteiger partial charge < -0.3 is 35.7 Å². The summed E-state index contributed by atoms with van der Waals surface area (Å²) in [6.45, 7) is 10.6. The largest absolute Gasteiger partial charge is 0.496 e. The number of methoxy groups -OCH3 is 1. The van der Waals surface area contributed by atoms with Crippen LogP contribution in [-0.4, -0.2) is 61.6 Å². The first-order valence-electron chi connectivity index (χ1n) is 14.1. The van der Waals surface area contributed by atoms with Crippen LogP contribution in [0.25, 0.3) is 0 Å². The number of nitrogens with two attached hydrogens (primary N) is 1. The molecule has 40 heavy (non-hydrogen) atoms. The predicted molar refractivity (Wildman–Crippen MR) is 162 cm³/mol. The zero-order valence-corrected chi connectivity index (χ0v) is 24.5. The van der Waals surface area contributed by atoms with Gasteiger partial charge in [-0.25, -0.2) is 4.98 Å². The summed E-state index contributed by atoms with van der Waals surface area (Å²) in [6, 6.07) is 16.1. The van der Waals surface area contributed by atoms with E-state index in [-0.39, 0.29) is 12.6 Å². The number of rotatable bonds is 17. The molecule has 0 fully saturated rings. The van der Waals surface area contributed by atoms with Crippen LogP contribution in [0.15, 0.2) is 48.5 Å². The molecule has 9 heteroatoms. The molecule has 0 aliphatic heterocycles. The lowest BCUT2D eigenvalue weighted by Crippen LogP contribution is -2.20. The molecule has 1 aromatic heterocycles. The number of aromatic nitrogens is 2. The van der Waals surface area contributed by atoms with Crippen LogP contribution in [0.5, 0.6) is 11.5 Å². The lowest BCUT2D eigenvalue weighted by Gasteiger charge is -2.16. The summed E-state index contributed by atoms with van der Waals surface area (Å²) in [5.41, 5.74) is 10.0. The van der Waals surface area contributed by atoms with Gasteiger partial charge in [0.25, 0.3) is 0 Å². The first-order valence-corrected chi connectivity index (χ1v) is 14.1. The standard InChI is InChI=1S/C22H35N5O3.C9H12O/c1-4-5-10-25-21-19(16(2)26-22(23)27-21)14-17-7-8-18(15-20(17)29-3)30-13-6-9-24-11-12-28;1-2-10-8-9-6-4-3-5-7-9/h7-8,15,24,28H,4-6,9-14H2,1-3H3,(H3,23,25,26,27);3-7H,2,8H2,1H3. The molecule has 0 bridgehead atoms. The third-order valence-electron chi connectivity index (χ3n) is 6.05. The molecule has 5 N–H and O–H groups in total. The maximum absolute atomic E-state index is 8.77. The van der Waals surface area contributed by atoms with E-state index < -0.39 is 0 Å². The molecular formula is C31H47N5O4. The summed E-state index contributed by atoms with van der Waals surface area (Å²) in [5.74, 6) is 2.59. The van der Waals surface area contributed by atoms with Crippen molar-refractivity contribution in [2.45, 2.75) is 53.1 Å². The summed E-state index contributed by atoms with van der Waals surface area (Å²) >= 11 is 0. The summed E-state index contributed by atoms with van der Waals surface area (Å²) < 4.78 is 16.7. The summed E-state index contributed by atoms with van der Waals surface area (Å²) in [4.78, 5) is 8.76. The second-order valence-corrected chi connectivity index (χ2v) is 9.22. The van der Waals surface area contributed by atoms with Crippen LogP contribution in [0.1, 0.15) is 55.5 Å². The predicted octanol–water partition coefficient (Wildman–Crippen LogP) is 4.75. The molecule has 220 valence electrons. The number of nitrogens with one attached hydrogen (secondary N) is 2. The van der Waals surface area contributed by atoms with Crippen molar-refractivity contribution < 1.29 is 19.3 Å². The molecule has 0 amide bonds. The molecule has 0 atom stereocenters. The molecule has 0 saturated heterocycles. The number of aliphatic hydroxyl groups excluding tert-OH is 1. The van der Waals surface area contributed by atoms with Crippen LogP contribution in [0.3, 0.4) is 0 Å². The molecular weight excluding hydrogens is 506 g/mol. The fraction of sp³-hybridized carbons (Fsp3) is 0.484. The average Bonchev–Trinajstić information content (AvgIpc) is 2.97. The molecule has 0 aliphatic carbocycles. The minimum absolute atomic E-state index is 0.147. The van der Waals surface area contributed by atoms with Gasteiger partial charge in [-0.15, -0.1) is 0 Å². The number of nitrogens with zero attached hydrogens (tertiary/aromatic N) is 2. The highest BCUT2D eigenvalue weighted by atomic mass is 16.5. The summed E-state index contributed by atoms with van der Waals surface area (Å²) in [5, 5.41) is 15.3. The van der Waals surface area contributed by atoms with Crippen molar-refractivity contribution in [1.29, 1.82) is 0 Å². The van der Waals surface area contributed by atoms with E-state index in [0.717, 1.165) is 79.7 Å². The van der Waals surface area contributed by atoms with Crippen molar-refractivity contribution in [3.63, 3.8) is 0 Å². The summed E-state index contributed by atoms with van der Waals surface area (Å²) in [7, 11) is 1.66. The topological polar surface area (TPSA) is 124 Å². The van der Waals surface area contributed by atoms with Crippen LogP contribution in [0, 0.1) is 6.92 Å². The molecule has 1 heterocycles. The Bertz CT molecular complexity index is 1100. The third-order valence-corrected chi connectivity index (χ3v) is 6.05. The lowest BCUT2D eigenvalue weighted by molar-refractivity contribution is 0.134. The normalized spacial score (nSPS) is 10.5. The smallest absolute Gasteiger partial charge is 0.222 e. The summed E-state index contributed by atoms with van der Waals surface area (Å²) in [6.07, 6.45) is 3.66. The van der Waals surface area contributed by atoms with Crippen molar-refractivity contribution in [3.05, 3.63) is 70.9 Å². The highest BCUT2D eigenvalue weighted by molar-refractivity contribution is 5.53. The minimum Gasteiger partial charge on any atom is -0.496 e. The Morgan fingerprint density at radius 1 is 0.975 bits per heavy atom. The Hall–Kier alpha value is -3.40. The van der Waals surface area contributed by atoms with Crippen LogP contribution in [0.4, 0.5) is 11.8 Å². The van der Waals surface area contributed by atoms with E-state index in [1.165, 1.54) is 5.56 Å². The molecule has 0 spiro atoms. The van der Waals surface area contributed by atoms with Crippen LogP contribution in [-0.2, 0) is 17.8 Å². The van der Waals surface area contributed by atoms with Crippen LogP contribution in [0.2, 0.25) is 0 Å². The van der Waals surface area contributed by atoms with Crippen LogP contribution >= 0.6 is 0 Å². The second kappa shape index (κ2) is 19.6. The number of nitrogen functional groups attached to an aromatic ring is 1. The Labute approximate surface area is 239 Å². The zero-order valence-electron chi connectivity index (χ0n) is 24.5. The number of benzene rings is 2. The van der Waals surface area contributed by atoms with Crippen molar-refractivity contribution in [2.24, 2.45) is 0 Å². The van der Waals surface area contributed by atoms with Gasteiger partial charge in [-0.05, 0) is 50.4 Å². The molecule has 3 rings (SSSR count). The van der Waals surface area contributed by atoms with Crippen LogP contribution < -0.4 is 25.8 Å². The number of hydrogen-bond acceptors (Lipinski definition) is 9. The second-order valence-electron chi connectivity index (χ2n) is 9.22. The van der Waals surface area contributed by atoms with Crippen molar-refractivity contribution >= 4 is 11.8 Å². The number of anilines is 2. The highest BCUT2D eigenvalue weighted by Gasteiger charge is 2.14. The number of unbranched alkanes of at least 4 members (excludes halogenated alkanes) is 1. The van der Waals surface area contributed by atoms with Crippen molar-refractivity contribution in [2.75, 3.05) is 57.6 Å². The number of aliphatic hydroxyl groups is 1. The van der Waals surface area contributed by atoms with Crippen molar-refractivity contribution in [1.82, 2.24) is 15.3 Å². The average molecular weight is 554 g/mol. The minimum atomic E-state index is 0.147. The zero-order chi connectivity index (χ0) is 29.0. The highest BCUT2D eigenvalue weighted by Crippen LogP contribution is 2.30.